The van der Waals surface area contributed by atoms with Crippen LogP contribution in [0.3, 0.4) is 0 Å². The molecule has 0 radical (unpaired) electrons. The maximum absolute atomic E-state index is 10.7. The SMILES string of the molecule is Nc1ccc(O)c(CNc2cc([N+](=O)[O-])ccc2O)c1. The van der Waals surface area contributed by atoms with Crippen molar-refractivity contribution in [3.8, 4) is 11.5 Å². The van der Waals surface area contributed by atoms with Crippen LogP contribution in [-0.2, 0) is 6.54 Å². The zero-order valence-corrected chi connectivity index (χ0v) is 10.4. The summed E-state index contributed by atoms with van der Waals surface area (Å²) in [5.74, 6) is -0.0596. The van der Waals surface area contributed by atoms with Gasteiger partial charge in [-0.25, -0.2) is 0 Å². The predicted octanol–water partition coefficient (Wildman–Crippen LogP) is 2.20. The molecule has 2 aromatic carbocycles. The number of nitrogens with one attached hydrogen (secondary N) is 1. The van der Waals surface area contributed by atoms with Crippen LogP contribution >= 0.6 is 0 Å². The third kappa shape index (κ3) is 2.89. The summed E-state index contributed by atoms with van der Waals surface area (Å²) >= 11 is 0. The first-order valence-corrected chi connectivity index (χ1v) is 5.76. The molecule has 5 N–H and O–H groups in total. The maximum Gasteiger partial charge on any atom is 0.271 e. The Bertz CT molecular complexity index is 658. The van der Waals surface area contributed by atoms with Crippen LogP contribution in [0.4, 0.5) is 17.1 Å². The van der Waals surface area contributed by atoms with Crippen molar-refractivity contribution in [3.63, 3.8) is 0 Å². The van der Waals surface area contributed by atoms with Crippen LogP contribution in [0.5, 0.6) is 11.5 Å². The Morgan fingerprint density at radius 3 is 2.55 bits per heavy atom. The Labute approximate surface area is 114 Å². The van der Waals surface area contributed by atoms with E-state index in [-0.39, 0.29) is 29.4 Å². The van der Waals surface area contributed by atoms with Gasteiger partial charge in [0.2, 0.25) is 0 Å². The van der Waals surface area contributed by atoms with Crippen molar-refractivity contribution in [2.45, 2.75) is 6.54 Å². The van der Waals surface area contributed by atoms with Gasteiger partial charge in [0.05, 0.1) is 10.6 Å². The Morgan fingerprint density at radius 1 is 1.15 bits per heavy atom. The van der Waals surface area contributed by atoms with Crippen LogP contribution in [0.25, 0.3) is 0 Å². The van der Waals surface area contributed by atoms with Crippen LogP contribution < -0.4 is 11.1 Å². The molecule has 2 rings (SSSR count). The molecule has 0 saturated heterocycles. The van der Waals surface area contributed by atoms with Gasteiger partial charge in [-0.2, -0.15) is 0 Å². The first-order chi connectivity index (χ1) is 9.47. The largest absolute Gasteiger partial charge is 0.508 e. The van der Waals surface area contributed by atoms with Gasteiger partial charge in [0, 0.05) is 29.9 Å². The Morgan fingerprint density at radius 2 is 1.85 bits per heavy atom. The van der Waals surface area contributed by atoms with E-state index in [0.29, 0.717) is 11.3 Å². The number of nitro groups is 1. The number of nitrogens with two attached hydrogens (primary N) is 1. The average Bonchev–Trinajstić information content (AvgIpc) is 2.41. The number of hydrogen-bond acceptors (Lipinski definition) is 6. The van der Waals surface area contributed by atoms with Crippen molar-refractivity contribution in [2.75, 3.05) is 11.1 Å². The molecule has 2 aromatic rings. The minimum absolute atomic E-state index is 0.0524. The standard InChI is InChI=1S/C13H13N3O4/c14-9-1-3-12(17)8(5-9)7-15-11-6-10(16(19)20)2-4-13(11)18/h1-6,15,17-18H,7,14H2. The second kappa shape index (κ2) is 5.35. The number of nitrogens with zero attached hydrogens (tertiary/aromatic N) is 1. The molecular weight excluding hydrogens is 262 g/mol. The molecule has 0 aliphatic rings. The molecule has 0 aromatic heterocycles. The van der Waals surface area contributed by atoms with E-state index in [1.165, 1.54) is 24.3 Å². The molecule has 0 aliphatic heterocycles. The highest BCUT2D eigenvalue weighted by Crippen LogP contribution is 2.29. The summed E-state index contributed by atoms with van der Waals surface area (Å²) in [5.41, 5.74) is 6.70. The highest BCUT2D eigenvalue weighted by Gasteiger charge is 2.10. The monoisotopic (exact) mass is 275 g/mol. The topological polar surface area (TPSA) is 122 Å². The third-order valence-corrected chi connectivity index (χ3v) is 2.76. The minimum Gasteiger partial charge on any atom is -0.508 e. The van der Waals surface area contributed by atoms with E-state index in [9.17, 15) is 20.3 Å². The van der Waals surface area contributed by atoms with Crippen LogP contribution in [0, 0.1) is 10.1 Å². The third-order valence-electron chi connectivity index (χ3n) is 2.76. The average molecular weight is 275 g/mol. The quantitative estimate of drug-likeness (QED) is 0.223. The van der Waals surface area contributed by atoms with E-state index in [0.717, 1.165) is 0 Å². The zero-order valence-electron chi connectivity index (χ0n) is 10.4. The smallest absolute Gasteiger partial charge is 0.271 e. The summed E-state index contributed by atoms with van der Waals surface area (Å²) in [6.45, 7) is 0.172. The summed E-state index contributed by atoms with van der Waals surface area (Å²) in [6, 6.07) is 8.26. The van der Waals surface area contributed by atoms with E-state index in [4.69, 9.17) is 5.73 Å². The Kier molecular flexibility index (Phi) is 3.60. The van der Waals surface area contributed by atoms with Crippen molar-refractivity contribution in [1.82, 2.24) is 0 Å². The number of rotatable bonds is 4. The van der Waals surface area contributed by atoms with Gasteiger partial charge in [0.15, 0.2) is 0 Å². The lowest BCUT2D eigenvalue weighted by Crippen LogP contribution is -2.01. The van der Waals surface area contributed by atoms with Crippen molar-refractivity contribution in [1.29, 1.82) is 0 Å². The highest BCUT2D eigenvalue weighted by molar-refractivity contribution is 5.61. The van der Waals surface area contributed by atoms with E-state index in [1.807, 2.05) is 0 Å². The minimum atomic E-state index is -0.553. The van der Waals surface area contributed by atoms with E-state index >= 15 is 0 Å². The molecule has 0 bridgehead atoms. The van der Waals surface area contributed by atoms with Gasteiger partial charge in [0.1, 0.15) is 11.5 Å². The highest BCUT2D eigenvalue weighted by atomic mass is 16.6. The van der Waals surface area contributed by atoms with Gasteiger partial charge in [-0.05, 0) is 24.3 Å². The van der Waals surface area contributed by atoms with Gasteiger partial charge >= 0.3 is 0 Å². The molecule has 0 atom stereocenters. The number of hydrogen-bond donors (Lipinski definition) is 4. The molecular formula is C13H13N3O4. The van der Waals surface area contributed by atoms with Crippen molar-refractivity contribution in [3.05, 3.63) is 52.1 Å². The predicted molar refractivity (Wildman–Crippen MR) is 74.6 cm³/mol. The van der Waals surface area contributed by atoms with Gasteiger partial charge in [0.25, 0.3) is 5.69 Å². The van der Waals surface area contributed by atoms with E-state index in [1.54, 1.807) is 12.1 Å². The molecule has 0 heterocycles. The van der Waals surface area contributed by atoms with Crippen LogP contribution in [0.1, 0.15) is 5.56 Å². The molecule has 104 valence electrons. The number of phenols is 2. The molecule has 0 saturated carbocycles. The second-order valence-electron chi connectivity index (χ2n) is 4.20. The zero-order chi connectivity index (χ0) is 14.7. The van der Waals surface area contributed by atoms with Gasteiger partial charge in [-0.3, -0.25) is 10.1 Å². The van der Waals surface area contributed by atoms with Crippen molar-refractivity contribution >= 4 is 17.1 Å². The number of non-ortho nitro benzene ring substituents is 1. The fourth-order valence-electron chi connectivity index (χ4n) is 1.72. The first-order valence-electron chi connectivity index (χ1n) is 5.76. The van der Waals surface area contributed by atoms with Gasteiger partial charge in [-0.15, -0.1) is 0 Å². The van der Waals surface area contributed by atoms with Crippen LogP contribution in [0.2, 0.25) is 0 Å². The molecule has 7 heteroatoms. The second-order valence-corrected chi connectivity index (χ2v) is 4.20. The summed E-state index contributed by atoms with van der Waals surface area (Å²) in [7, 11) is 0. The number of phenolic OH excluding ortho intramolecular Hbond substituents is 2. The number of benzene rings is 2. The van der Waals surface area contributed by atoms with E-state index < -0.39 is 4.92 Å². The van der Waals surface area contributed by atoms with Gasteiger partial charge < -0.3 is 21.3 Å². The number of nitrogen functional groups attached to an aromatic ring is 1. The summed E-state index contributed by atoms with van der Waals surface area (Å²) in [5, 5.41) is 32.8. The summed E-state index contributed by atoms with van der Waals surface area (Å²) < 4.78 is 0. The van der Waals surface area contributed by atoms with Gasteiger partial charge in [-0.1, -0.05) is 0 Å². The van der Waals surface area contributed by atoms with Crippen molar-refractivity contribution < 1.29 is 15.1 Å². The van der Waals surface area contributed by atoms with E-state index in [2.05, 4.69) is 5.32 Å². The molecule has 0 unspecified atom stereocenters. The van der Waals surface area contributed by atoms with Crippen molar-refractivity contribution in [2.24, 2.45) is 0 Å². The molecule has 20 heavy (non-hydrogen) atoms. The maximum atomic E-state index is 10.7. The number of anilines is 2. The first kappa shape index (κ1) is 13.5. The molecule has 0 amide bonds. The molecule has 7 nitrogen and oxygen atoms in total. The van der Waals surface area contributed by atoms with Crippen LogP contribution in [0.15, 0.2) is 36.4 Å². The summed E-state index contributed by atoms with van der Waals surface area (Å²) in [6.07, 6.45) is 0. The molecule has 0 fully saturated rings. The fourth-order valence-corrected chi connectivity index (χ4v) is 1.72. The number of aromatic hydroxyl groups is 2. The lowest BCUT2D eigenvalue weighted by atomic mass is 10.1. The molecule has 0 spiro atoms. The lowest BCUT2D eigenvalue weighted by Gasteiger charge is -2.10. The number of nitro benzene ring substituents is 1. The van der Waals surface area contributed by atoms with Crippen LogP contribution in [-0.4, -0.2) is 15.1 Å². The fraction of sp³-hybridized carbons (Fsp3) is 0.0769. The molecule has 0 aliphatic carbocycles. The lowest BCUT2D eigenvalue weighted by molar-refractivity contribution is -0.384. The summed E-state index contributed by atoms with van der Waals surface area (Å²) in [4.78, 5) is 10.1. The Hall–Kier alpha value is -2.96. The normalized spacial score (nSPS) is 10.2. The Balaban J connectivity index is 2.20.